The quantitative estimate of drug-likeness (QED) is 0.491. The fraction of sp³-hybridized carbons (Fsp3) is 0.182. The number of benzene rings is 2. The minimum absolute atomic E-state index is 0.134. The number of carbonyl (C=O) groups excluding carboxylic acids is 1. The third kappa shape index (κ3) is 3.78. The maximum Gasteiger partial charge on any atom is 0.223 e. The number of fused-ring (bicyclic) bond motifs is 1. The van der Waals surface area contributed by atoms with Gasteiger partial charge in [0.05, 0.1) is 17.6 Å². The average molecular weight is 375 g/mol. The standard InChI is InChI=1S/C22H21N3OS/c1-24(16-18-10-7-15-27-18)22(26)14-13-21-23-19-11-5-6-12-20(19)25(21)17-8-3-2-4-9-17/h2-12,15H,13-14,16H2,1H3. The maximum absolute atomic E-state index is 12.6. The normalized spacial score (nSPS) is 11.0. The van der Waals surface area contributed by atoms with E-state index in [0.717, 1.165) is 22.5 Å². The zero-order chi connectivity index (χ0) is 18.6. The number of para-hydroxylation sites is 3. The van der Waals surface area contributed by atoms with Crippen LogP contribution >= 0.6 is 11.3 Å². The van der Waals surface area contributed by atoms with E-state index in [1.165, 1.54) is 4.88 Å². The van der Waals surface area contributed by atoms with Gasteiger partial charge in [0.2, 0.25) is 5.91 Å². The zero-order valence-electron chi connectivity index (χ0n) is 15.2. The van der Waals surface area contributed by atoms with Crippen LogP contribution in [0.15, 0.2) is 72.1 Å². The SMILES string of the molecule is CN(Cc1cccs1)C(=O)CCc1nc2ccccc2n1-c1ccccc1. The number of thiophene rings is 1. The molecule has 27 heavy (non-hydrogen) atoms. The molecule has 2 aromatic heterocycles. The molecule has 4 nitrogen and oxygen atoms in total. The van der Waals surface area contributed by atoms with Gasteiger partial charge in [-0.3, -0.25) is 9.36 Å². The minimum atomic E-state index is 0.134. The number of nitrogens with zero attached hydrogens (tertiary/aromatic N) is 3. The highest BCUT2D eigenvalue weighted by Crippen LogP contribution is 2.22. The van der Waals surface area contributed by atoms with Crippen LogP contribution in [0.4, 0.5) is 0 Å². The third-order valence-electron chi connectivity index (χ3n) is 4.61. The molecule has 0 spiro atoms. The van der Waals surface area contributed by atoms with Crippen LogP contribution in [0, 0.1) is 0 Å². The second-order valence-corrected chi connectivity index (χ2v) is 7.55. The molecule has 4 rings (SSSR count). The average Bonchev–Trinajstić information content (AvgIpc) is 3.33. The Morgan fingerprint density at radius 3 is 2.59 bits per heavy atom. The Bertz CT molecular complexity index is 1040. The molecule has 1 amide bonds. The first-order valence-corrected chi connectivity index (χ1v) is 9.88. The van der Waals surface area contributed by atoms with Gasteiger partial charge in [0.1, 0.15) is 5.82 Å². The summed E-state index contributed by atoms with van der Waals surface area (Å²) in [4.78, 5) is 20.4. The molecular formula is C22H21N3OS. The van der Waals surface area contributed by atoms with Gasteiger partial charge in [-0.15, -0.1) is 11.3 Å². The molecule has 0 saturated carbocycles. The number of aromatic nitrogens is 2. The Morgan fingerprint density at radius 2 is 1.81 bits per heavy atom. The largest absolute Gasteiger partial charge is 0.341 e. The van der Waals surface area contributed by atoms with Crippen LogP contribution < -0.4 is 0 Å². The van der Waals surface area contributed by atoms with Crippen molar-refractivity contribution in [2.24, 2.45) is 0 Å². The molecule has 0 fully saturated rings. The van der Waals surface area contributed by atoms with Crippen molar-refractivity contribution in [2.45, 2.75) is 19.4 Å². The fourth-order valence-electron chi connectivity index (χ4n) is 3.24. The van der Waals surface area contributed by atoms with Crippen LogP contribution in [-0.4, -0.2) is 27.4 Å². The van der Waals surface area contributed by atoms with Gasteiger partial charge in [-0.2, -0.15) is 0 Å². The van der Waals surface area contributed by atoms with Crippen molar-refractivity contribution in [3.63, 3.8) is 0 Å². The molecule has 2 aromatic carbocycles. The van der Waals surface area contributed by atoms with Crippen LogP contribution in [0.2, 0.25) is 0 Å². The van der Waals surface area contributed by atoms with Crippen LogP contribution in [0.25, 0.3) is 16.7 Å². The van der Waals surface area contributed by atoms with Crippen molar-refractivity contribution in [3.05, 3.63) is 82.8 Å². The number of hydrogen-bond donors (Lipinski definition) is 0. The van der Waals surface area contributed by atoms with Crippen LogP contribution in [-0.2, 0) is 17.8 Å². The predicted molar refractivity (Wildman–Crippen MR) is 110 cm³/mol. The molecule has 5 heteroatoms. The Kier molecular flexibility index (Phi) is 5.03. The molecular weight excluding hydrogens is 354 g/mol. The molecule has 0 bridgehead atoms. The lowest BCUT2D eigenvalue weighted by Gasteiger charge is -2.16. The zero-order valence-corrected chi connectivity index (χ0v) is 16.0. The summed E-state index contributed by atoms with van der Waals surface area (Å²) in [6.45, 7) is 0.658. The van der Waals surface area contributed by atoms with E-state index in [0.29, 0.717) is 19.4 Å². The van der Waals surface area contributed by atoms with E-state index in [1.807, 2.05) is 54.9 Å². The van der Waals surface area contributed by atoms with Crippen LogP contribution in [0.5, 0.6) is 0 Å². The number of rotatable bonds is 6. The summed E-state index contributed by atoms with van der Waals surface area (Å²) in [6, 6.07) is 22.4. The van der Waals surface area contributed by atoms with Gasteiger partial charge < -0.3 is 4.90 Å². The van der Waals surface area contributed by atoms with E-state index < -0.39 is 0 Å². The van der Waals surface area contributed by atoms with E-state index >= 15 is 0 Å². The molecule has 136 valence electrons. The molecule has 0 radical (unpaired) electrons. The first-order valence-electron chi connectivity index (χ1n) is 9.00. The van der Waals surface area contributed by atoms with Crippen molar-refractivity contribution in [2.75, 3.05) is 7.05 Å². The van der Waals surface area contributed by atoms with Crippen LogP contribution in [0.3, 0.4) is 0 Å². The van der Waals surface area contributed by atoms with Crippen LogP contribution in [0.1, 0.15) is 17.1 Å². The van der Waals surface area contributed by atoms with Gasteiger partial charge in [0, 0.05) is 30.5 Å². The predicted octanol–water partition coefficient (Wildman–Crippen LogP) is 4.68. The van der Waals surface area contributed by atoms with Gasteiger partial charge in [-0.25, -0.2) is 4.98 Å². The van der Waals surface area contributed by atoms with Gasteiger partial charge in [-0.1, -0.05) is 36.4 Å². The summed E-state index contributed by atoms with van der Waals surface area (Å²) in [5.41, 5.74) is 3.09. The number of carbonyl (C=O) groups is 1. The smallest absolute Gasteiger partial charge is 0.223 e. The molecule has 0 N–H and O–H groups in total. The second-order valence-electron chi connectivity index (χ2n) is 6.52. The topological polar surface area (TPSA) is 38.1 Å². The molecule has 0 saturated heterocycles. The molecule has 0 aliphatic heterocycles. The first-order chi connectivity index (χ1) is 13.2. The van der Waals surface area contributed by atoms with Gasteiger partial charge in [0.25, 0.3) is 0 Å². The Balaban J connectivity index is 1.56. The van der Waals surface area contributed by atoms with Gasteiger partial charge >= 0.3 is 0 Å². The lowest BCUT2D eigenvalue weighted by atomic mass is 10.2. The van der Waals surface area contributed by atoms with Crippen molar-refractivity contribution in [1.82, 2.24) is 14.5 Å². The summed E-state index contributed by atoms with van der Waals surface area (Å²) in [5.74, 6) is 1.05. The molecule has 0 aliphatic carbocycles. The van der Waals surface area contributed by atoms with E-state index in [2.05, 4.69) is 28.8 Å². The summed E-state index contributed by atoms with van der Waals surface area (Å²) in [7, 11) is 1.86. The second kappa shape index (κ2) is 7.76. The van der Waals surface area contributed by atoms with Gasteiger partial charge in [0.15, 0.2) is 0 Å². The Morgan fingerprint density at radius 1 is 1.04 bits per heavy atom. The van der Waals surface area contributed by atoms with Crippen molar-refractivity contribution in [1.29, 1.82) is 0 Å². The summed E-state index contributed by atoms with van der Waals surface area (Å²) in [6.07, 6.45) is 1.05. The monoisotopic (exact) mass is 375 g/mol. The van der Waals surface area contributed by atoms with E-state index in [1.54, 1.807) is 16.2 Å². The molecule has 0 atom stereocenters. The molecule has 4 aromatic rings. The van der Waals surface area contributed by atoms with Gasteiger partial charge in [-0.05, 0) is 35.7 Å². The molecule has 0 unspecified atom stereocenters. The maximum atomic E-state index is 12.6. The fourth-order valence-corrected chi connectivity index (χ4v) is 4.00. The minimum Gasteiger partial charge on any atom is -0.341 e. The Hall–Kier alpha value is -2.92. The van der Waals surface area contributed by atoms with E-state index in [-0.39, 0.29) is 5.91 Å². The van der Waals surface area contributed by atoms with Crippen molar-refractivity contribution >= 4 is 28.3 Å². The molecule has 2 heterocycles. The lowest BCUT2D eigenvalue weighted by molar-refractivity contribution is -0.130. The number of hydrogen-bond acceptors (Lipinski definition) is 3. The highest BCUT2D eigenvalue weighted by atomic mass is 32.1. The third-order valence-corrected chi connectivity index (χ3v) is 5.47. The highest BCUT2D eigenvalue weighted by molar-refractivity contribution is 7.09. The highest BCUT2D eigenvalue weighted by Gasteiger charge is 2.15. The summed E-state index contributed by atoms with van der Waals surface area (Å²) in [5, 5.41) is 2.04. The molecule has 0 aliphatic rings. The first kappa shape index (κ1) is 17.5. The number of imidazole rings is 1. The van der Waals surface area contributed by atoms with Crippen molar-refractivity contribution < 1.29 is 4.79 Å². The van der Waals surface area contributed by atoms with E-state index in [9.17, 15) is 4.79 Å². The Labute approximate surface area is 162 Å². The summed E-state index contributed by atoms with van der Waals surface area (Å²) < 4.78 is 2.15. The van der Waals surface area contributed by atoms with Crippen molar-refractivity contribution in [3.8, 4) is 5.69 Å². The number of amides is 1. The lowest BCUT2D eigenvalue weighted by Crippen LogP contribution is -2.26. The number of aryl methyl sites for hydroxylation is 1. The van der Waals surface area contributed by atoms with E-state index in [4.69, 9.17) is 4.98 Å². The summed E-state index contributed by atoms with van der Waals surface area (Å²) >= 11 is 1.68.